The predicted octanol–water partition coefficient (Wildman–Crippen LogP) is 4.11. The maximum absolute atomic E-state index is 5.58. The molecule has 0 bridgehead atoms. The standard InChI is InChI=1S/C14H19NO/c1-4-14(16-11-10-12(2)3)15-13-8-6-5-7-9-13/h5-10H,4,11H2,1-3H3. The number of nitrogens with zero attached hydrogens (tertiary/aromatic N) is 1. The summed E-state index contributed by atoms with van der Waals surface area (Å²) in [4.78, 5) is 4.44. The lowest BCUT2D eigenvalue weighted by molar-refractivity contribution is 0.340. The molecule has 16 heavy (non-hydrogen) atoms. The van der Waals surface area contributed by atoms with E-state index in [1.807, 2.05) is 37.3 Å². The van der Waals surface area contributed by atoms with Gasteiger partial charge in [0, 0.05) is 6.42 Å². The summed E-state index contributed by atoms with van der Waals surface area (Å²) >= 11 is 0. The lowest BCUT2D eigenvalue weighted by atomic mass is 10.3. The van der Waals surface area contributed by atoms with Crippen LogP contribution in [0.5, 0.6) is 0 Å². The van der Waals surface area contributed by atoms with Crippen molar-refractivity contribution in [3.05, 3.63) is 42.0 Å². The molecule has 0 radical (unpaired) electrons. The summed E-state index contributed by atoms with van der Waals surface area (Å²) in [5.74, 6) is 0.781. The van der Waals surface area contributed by atoms with Crippen molar-refractivity contribution < 1.29 is 4.74 Å². The van der Waals surface area contributed by atoms with Gasteiger partial charge >= 0.3 is 0 Å². The Balaban J connectivity index is 2.61. The van der Waals surface area contributed by atoms with Crippen LogP contribution < -0.4 is 0 Å². The Hall–Kier alpha value is -1.57. The Labute approximate surface area is 97.7 Å². The Bertz CT molecular complexity index is 362. The molecule has 2 nitrogen and oxygen atoms in total. The van der Waals surface area contributed by atoms with Crippen LogP contribution in [0.15, 0.2) is 47.0 Å². The normalized spacial score (nSPS) is 11.1. The minimum atomic E-state index is 0.599. The van der Waals surface area contributed by atoms with Crippen LogP contribution >= 0.6 is 0 Å². The van der Waals surface area contributed by atoms with Gasteiger partial charge in [0.25, 0.3) is 0 Å². The van der Waals surface area contributed by atoms with Gasteiger partial charge in [0.1, 0.15) is 6.61 Å². The van der Waals surface area contributed by atoms with Crippen molar-refractivity contribution in [2.45, 2.75) is 27.2 Å². The molecule has 0 spiro atoms. The number of ether oxygens (including phenoxy) is 1. The fraction of sp³-hybridized carbons (Fsp3) is 0.357. The zero-order valence-electron chi connectivity index (χ0n) is 10.2. The highest BCUT2D eigenvalue weighted by Gasteiger charge is 1.96. The molecule has 1 rings (SSSR count). The van der Waals surface area contributed by atoms with E-state index in [1.54, 1.807) is 0 Å². The molecular formula is C14H19NO. The molecule has 1 aromatic carbocycles. The molecule has 0 heterocycles. The summed E-state index contributed by atoms with van der Waals surface area (Å²) in [6.45, 7) is 6.76. The molecule has 0 saturated heterocycles. The Morgan fingerprint density at radius 1 is 1.25 bits per heavy atom. The van der Waals surface area contributed by atoms with Gasteiger partial charge in [-0.25, -0.2) is 4.99 Å². The van der Waals surface area contributed by atoms with E-state index in [1.165, 1.54) is 5.57 Å². The monoisotopic (exact) mass is 217 g/mol. The van der Waals surface area contributed by atoms with E-state index in [0.29, 0.717) is 6.61 Å². The molecule has 2 heteroatoms. The van der Waals surface area contributed by atoms with E-state index in [-0.39, 0.29) is 0 Å². The highest BCUT2D eigenvalue weighted by Crippen LogP contribution is 2.11. The predicted molar refractivity (Wildman–Crippen MR) is 69.2 cm³/mol. The van der Waals surface area contributed by atoms with Gasteiger partial charge < -0.3 is 4.74 Å². The van der Waals surface area contributed by atoms with E-state index in [2.05, 4.69) is 24.9 Å². The molecule has 86 valence electrons. The molecule has 0 aliphatic carbocycles. The summed E-state index contributed by atoms with van der Waals surface area (Å²) in [6.07, 6.45) is 2.86. The Morgan fingerprint density at radius 3 is 2.50 bits per heavy atom. The second kappa shape index (κ2) is 6.83. The first-order valence-electron chi connectivity index (χ1n) is 5.61. The van der Waals surface area contributed by atoms with Gasteiger partial charge in [0.15, 0.2) is 5.90 Å². The number of para-hydroxylation sites is 1. The van der Waals surface area contributed by atoms with Crippen LogP contribution in [0.2, 0.25) is 0 Å². The maximum Gasteiger partial charge on any atom is 0.188 e. The lowest BCUT2D eigenvalue weighted by Gasteiger charge is -2.05. The van der Waals surface area contributed by atoms with E-state index >= 15 is 0 Å². The molecule has 0 unspecified atom stereocenters. The second-order valence-electron chi connectivity index (χ2n) is 3.79. The van der Waals surface area contributed by atoms with Crippen LogP contribution in [0.25, 0.3) is 0 Å². The smallest absolute Gasteiger partial charge is 0.188 e. The summed E-state index contributed by atoms with van der Waals surface area (Å²) in [5, 5.41) is 0. The summed E-state index contributed by atoms with van der Waals surface area (Å²) < 4.78 is 5.58. The third-order valence-electron chi connectivity index (χ3n) is 2.05. The Morgan fingerprint density at radius 2 is 1.94 bits per heavy atom. The van der Waals surface area contributed by atoms with Crippen molar-refractivity contribution in [1.82, 2.24) is 0 Å². The van der Waals surface area contributed by atoms with E-state index in [0.717, 1.165) is 18.0 Å². The third-order valence-corrected chi connectivity index (χ3v) is 2.05. The van der Waals surface area contributed by atoms with Crippen molar-refractivity contribution in [2.24, 2.45) is 4.99 Å². The van der Waals surface area contributed by atoms with Crippen LogP contribution in [-0.2, 0) is 4.74 Å². The molecule has 0 N–H and O–H groups in total. The number of rotatable bonds is 4. The minimum Gasteiger partial charge on any atom is -0.476 e. The molecule has 1 aromatic rings. The van der Waals surface area contributed by atoms with Crippen molar-refractivity contribution in [3.8, 4) is 0 Å². The lowest BCUT2D eigenvalue weighted by Crippen LogP contribution is -2.03. The Kier molecular flexibility index (Phi) is 5.34. The van der Waals surface area contributed by atoms with Crippen LogP contribution in [-0.4, -0.2) is 12.5 Å². The number of allylic oxidation sites excluding steroid dienone is 1. The van der Waals surface area contributed by atoms with E-state index in [9.17, 15) is 0 Å². The van der Waals surface area contributed by atoms with Crippen LogP contribution in [0.4, 0.5) is 5.69 Å². The van der Waals surface area contributed by atoms with Crippen LogP contribution in [0.1, 0.15) is 27.2 Å². The van der Waals surface area contributed by atoms with Gasteiger partial charge in [-0.3, -0.25) is 0 Å². The van der Waals surface area contributed by atoms with E-state index in [4.69, 9.17) is 4.74 Å². The topological polar surface area (TPSA) is 21.6 Å². The second-order valence-corrected chi connectivity index (χ2v) is 3.79. The SMILES string of the molecule is CCC(=Nc1ccccc1)OCC=C(C)C. The number of hydrogen-bond donors (Lipinski definition) is 0. The highest BCUT2D eigenvalue weighted by atomic mass is 16.5. The first-order chi connectivity index (χ1) is 7.72. The number of benzene rings is 1. The summed E-state index contributed by atoms with van der Waals surface area (Å²) in [5.41, 5.74) is 2.20. The fourth-order valence-corrected chi connectivity index (χ4v) is 1.16. The summed E-state index contributed by atoms with van der Waals surface area (Å²) in [7, 11) is 0. The quantitative estimate of drug-likeness (QED) is 0.422. The molecular weight excluding hydrogens is 198 g/mol. The number of hydrogen-bond acceptors (Lipinski definition) is 2. The molecule has 0 aliphatic heterocycles. The highest BCUT2D eigenvalue weighted by molar-refractivity contribution is 5.79. The van der Waals surface area contributed by atoms with Crippen molar-refractivity contribution >= 4 is 11.6 Å². The molecule has 0 fully saturated rings. The van der Waals surface area contributed by atoms with Crippen molar-refractivity contribution in [1.29, 1.82) is 0 Å². The van der Waals surface area contributed by atoms with Crippen molar-refractivity contribution in [3.63, 3.8) is 0 Å². The zero-order valence-corrected chi connectivity index (χ0v) is 10.2. The van der Waals surface area contributed by atoms with Gasteiger partial charge in [-0.2, -0.15) is 0 Å². The van der Waals surface area contributed by atoms with Gasteiger partial charge in [-0.05, 0) is 32.1 Å². The van der Waals surface area contributed by atoms with Gasteiger partial charge in [-0.15, -0.1) is 0 Å². The maximum atomic E-state index is 5.58. The van der Waals surface area contributed by atoms with Gasteiger partial charge in [-0.1, -0.05) is 30.7 Å². The summed E-state index contributed by atoms with van der Waals surface area (Å²) in [6, 6.07) is 9.87. The molecule has 0 aliphatic rings. The van der Waals surface area contributed by atoms with Crippen LogP contribution in [0.3, 0.4) is 0 Å². The largest absolute Gasteiger partial charge is 0.476 e. The fourth-order valence-electron chi connectivity index (χ4n) is 1.16. The zero-order chi connectivity index (χ0) is 11.8. The minimum absolute atomic E-state index is 0.599. The first-order valence-corrected chi connectivity index (χ1v) is 5.61. The number of aliphatic imine (C=N–C) groups is 1. The molecule has 0 amide bonds. The van der Waals surface area contributed by atoms with E-state index < -0.39 is 0 Å². The molecule has 0 atom stereocenters. The van der Waals surface area contributed by atoms with Crippen LogP contribution in [0, 0.1) is 0 Å². The van der Waals surface area contributed by atoms with Gasteiger partial charge in [0.2, 0.25) is 0 Å². The third kappa shape index (κ3) is 4.78. The average Bonchev–Trinajstić information content (AvgIpc) is 2.28. The first kappa shape index (κ1) is 12.5. The molecule has 0 aromatic heterocycles. The van der Waals surface area contributed by atoms with Crippen molar-refractivity contribution in [2.75, 3.05) is 6.61 Å². The molecule has 0 saturated carbocycles. The average molecular weight is 217 g/mol. The van der Waals surface area contributed by atoms with Gasteiger partial charge in [0.05, 0.1) is 5.69 Å².